The van der Waals surface area contributed by atoms with Gasteiger partial charge < -0.3 is 33.8 Å². The minimum atomic E-state index is -4.95. The number of carbonyl (C=O) groups excluding carboxylic acids is 4. The van der Waals surface area contributed by atoms with Gasteiger partial charge in [0.2, 0.25) is 0 Å². The molecule has 0 heterocycles. The molecule has 0 aliphatic carbocycles. The van der Waals surface area contributed by atoms with Crippen LogP contribution in [0.1, 0.15) is 375 Å². The normalized spacial score (nSPS) is 14.1. The van der Waals surface area contributed by atoms with E-state index in [0.29, 0.717) is 25.7 Å². The van der Waals surface area contributed by atoms with Crippen LogP contribution in [0.15, 0.2) is 0 Å². The number of hydrogen-bond acceptors (Lipinski definition) is 15. The molecule has 0 aromatic rings. The minimum Gasteiger partial charge on any atom is -0.462 e. The fraction of sp³-hybridized carbons (Fsp3) is 0.945. The Labute approximate surface area is 562 Å². The molecule has 0 bridgehead atoms. The summed E-state index contributed by atoms with van der Waals surface area (Å²) >= 11 is 0. The van der Waals surface area contributed by atoms with Crippen LogP contribution in [-0.4, -0.2) is 96.7 Å². The molecule has 2 unspecified atom stereocenters. The van der Waals surface area contributed by atoms with Gasteiger partial charge in [-0.2, -0.15) is 0 Å². The van der Waals surface area contributed by atoms with E-state index in [0.717, 1.165) is 102 Å². The standard InChI is InChI=1S/C73H142O17P2/c1-7-9-11-13-15-17-19-20-21-24-27-31-38-44-50-56-71(76)84-61-68(89-72(77)57-51-45-39-32-28-25-22-23-26-29-35-41-47-53-65(3)4)63-87-91(79,80)85-59-67(74)60-86-92(81,82)88-64-69(62-83-70(75)55-49-43-37-30-18-16-14-12-10-8-2)90-73(78)58-52-46-40-34-33-36-42-48-54-66(5)6/h65-69,74H,7-64H2,1-6H3,(H,79,80)(H,81,82)/t67-,68-,69-/m1/s1. The molecule has 0 aromatic carbocycles. The fourth-order valence-corrected chi connectivity index (χ4v) is 12.7. The summed E-state index contributed by atoms with van der Waals surface area (Å²) in [5.41, 5.74) is 0. The predicted octanol–water partition coefficient (Wildman–Crippen LogP) is 21.2. The molecular weight excluding hydrogens is 1210 g/mol. The van der Waals surface area contributed by atoms with Crippen LogP contribution < -0.4 is 0 Å². The maximum atomic E-state index is 13.1. The van der Waals surface area contributed by atoms with Gasteiger partial charge in [-0.25, -0.2) is 9.13 Å². The monoisotopic (exact) mass is 1350 g/mol. The zero-order valence-corrected chi connectivity index (χ0v) is 61.6. The Morgan fingerprint density at radius 3 is 0.739 bits per heavy atom. The second-order valence-electron chi connectivity index (χ2n) is 27.3. The van der Waals surface area contributed by atoms with Crippen LogP contribution in [0.5, 0.6) is 0 Å². The molecular formula is C73H142O17P2. The second-order valence-corrected chi connectivity index (χ2v) is 30.2. The van der Waals surface area contributed by atoms with Crippen LogP contribution in [0.4, 0.5) is 0 Å². The Morgan fingerprint density at radius 1 is 0.293 bits per heavy atom. The lowest BCUT2D eigenvalue weighted by atomic mass is 10.0. The zero-order valence-electron chi connectivity index (χ0n) is 59.9. The van der Waals surface area contributed by atoms with Gasteiger partial charge in [0.1, 0.15) is 19.3 Å². The topological polar surface area (TPSA) is 237 Å². The van der Waals surface area contributed by atoms with Crippen molar-refractivity contribution >= 4 is 39.5 Å². The van der Waals surface area contributed by atoms with Gasteiger partial charge >= 0.3 is 39.5 Å². The van der Waals surface area contributed by atoms with Gasteiger partial charge in [-0.3, -0.25) is 37.3 Å². The van der Waals surface area contributed by atoms with E-state index in [2.05, 4.69) is 41.5 Å². The summed E-state index contributed by atoms with van der Waals surface area (Å²) in [5, 5.41) is 10.6. The highest BCUT2D eigenvalue weighted by atomic mass is 31.2. The minimum absolute atomic E-state index is 0.105. The first-order valence-corrected chi connectivity index (χ1v) is 41.0. The number of carbonyl (C=O) groups is 4. The molecule has 0 rings (SSSR count). The maximum Gasteiger partial charge on any atom is 0.472 e. The highest BCUT2D eigenvalue weighted by Gasteiger charge is 2.30. The van der Waals surface area contributed by atoms with Crippen molar-refractivity contribution in [1.82, 2.24) is 0 Å². The average molecular weight is 1350 g/mol. The van der Waals surface area contributed by atoms with Crippen LogP contribution in [0.25, 0.3) is 0 Å². The lowest BCUT2D eigenvalue weighted by molar-refractivity contribution is -0.161. The maximum absolute atomic E-state index is 13.1. The second kappa shape index (κ2) is 65.0. The van der Waals surface area contributed by atoms with E-state index in [1.807, 2.05) is 0 Å². The van der Waals surface area contributed by atoms with Gasteiger partial charge in [-0.1, -0.05) is 324 Å². The molecule has 0 aliphatic rings. The first-order chi connectivity index (χ1) is 44.4. The smallest absolute Gasteiger partial charge is 0.462 e. The van der Waals surface area contributed by atoms with Gasteiger partial charge in [-0.05, 0) is 37.5 Å². The molecule has 0 spiro atoms. The third kappa shape index (κ3) is 66.7. The van der Waals surface area contributed by atoms with Gasteiger partial charge in [0, 0.05) is 25.7 Å². The molecule has 19 heteroatoms. The van der Waals surface area contributed by atoms with Crippen molar-refractivity contribution < 1.29 is 80.2 Å². The number of rotatable bonds is 72. The summed E-state index contributed by atoms with van der Waals surface area (Å²) in [7, 11) is -9.90. The van der Waals surface area contributed by atoms with E-state index in [-0.39, 0.29) is 25.7 Å². The molecule has 0 fully saturated rings. The summed E-state index contributed by atoms with van der Waals surface area (Å²) in [6.07, 6.45) is 51.3. The number of ether oxygens (including phenoxy) is 4. The van der Waals surface area contributed by atoms with Crippen molar-refractivity contribution in [3.63, 3.8) is 0 Å². The molecule has 0 saturated heterocycles. The largest absolute Gasteiger partial charge is 0.472 e. The molecule has 0 radical (unpaired) electrons. The SMILES string of the molecule is CCCCCCCCCCCCCCCCCC(=O)OC[C@H](COP(=O)(O)OC[C@@H](O)COP(=O)(O)OC[C@@H](COC(=O)CCCCCCCCCCCC)OC(=O)CCCCCCCCCCC(C)C)OC(=O)CCCCCCCCCCCCCCCC(C)C. The molecule has 0 amide bonds. The Bertz CT molecular complexity index is 1790. The summed E-state index contributed by atoms with van der Waals surface area (Å²) in [4.78, 5) is 72.7. The van der Waals surface area contributed by atoms with Crippen LogP contribution in [0.2, 0.25) is 0 Å². The predicted molar refractivity (Wildman–Crippen MR) is 372 cm³/mol. The van der Waals surface area contributed by atoms with Gasteiger partial charge in [0.25, 0.3) is 0 Å². The number of unbranched alkanes of at least 4 members (excludes halogenated alkanes) is 42. The lowest BCUT2D eigenvalue weighted by Crippen LogP contribution is -2.30. The Hall–Kier alpha value is -1.94. The lowest BCUT2D eigenvalue weighted by Gasteiger charge is -2.21. The molecule has 0 saturated carbocycles. The third-order valence-electron chi connectivity index (χ3n) is 17.0. The zero-order chi connectivity index (χ0) is 67.9. The molecule has 0 aromatic heterocycles. The third-order valence-corrected chi connectivity index (χ3v) is 18.9. The summed E-state index contributed by atoms with van der Waals surface area (Å²) in [6.45, 7) is 9.54. The first kappa shape index (κ1) is 90.1. The molecule has 5 atom stereocenters. The molecule has 546 valence electrons. The van der Waals surface area contributed by atoms with E-state index >= 15 is 0 Å². The van der Waals surface area contributed by atoms with Crippen LogP contribution in [0.3, 0.4) is 0 Å². The van der Waals surface area contributed by atoms with E-state index in [1.165, 1.54) is 193 Å². The van der Waals surface area contributed by atoms with Crippen LogP contribution in [0, 0.1) is 11.8 Å². The number of aliphatic hydroxyl groups is 1. The van der Waals surface area contributed by atoms with Crippen LogP contribution in [-0.2, 0) is 65.4 Å². The van der Waals surface area contributed by atoms with E-state index in [9.17, 15) is 43.2 Å². The number of phosphoric acid groups is 2. The van der Waals surface area contributed by atoms with Crippen molar-refractivity contribution in [2.24, 2.45) is 11.8 Å². The number of phosphoric ester groups is 2. The number of hydrogen-bond donors (Lipinski definition) is 3. The Kier molecular flexibility index (Phi) is 63.7. The van der Waals surface area contributed by atoms with Gasteiger partial charge in [0.15, 0.2) is 12.2 Å². The average Bonchev–Trinajstić information content (AvgIpc) is 3.73. The Morgan fingerprint density at radius 2 is 0.500 bits per heavy atom. The molecule has 0 aliphatic heterocycles. The highest BCUT2D eigenvalue weighted by Crippen LogP contribution is 2.45. The highest BCUT2D eigenvalue weighted by molar-refractivity contribution is 7.47. The summed E-state index contributed by atoms with van der Waals surface area (Å²) < 4.78 is 68.4. The molecule has 17 nitrogen and oxygen atoms in total. The summed E-state index contributed by atoms with van der Waals surface area (Å²) in [6, 6.07) is 0. The van der Waals surface area contributed by atoms with Crippen molar-refractivity contribution in [3.05, 3.63) is 0 Å². The number of aliphatic hydroxyl groups excluding tert-OH is 1. The van der Waals surface area contributed by atoms with Crippen molar-refractivity contribution in [2.45, 2.75) is 394 Å². The van der Waals surface area contributed by atoms with Crippen LogP contribution >= 0.6 is 15.6 Å². The van der Waals surface area contributed by atoms with Gasteiger partial charge in [0.05, 0.1) is 26.4 Å². The quantitative estimate of drug-likeness (QED) is 0.0222. The Balaban J connectivity index is 5.24. The van der Waals surface area contributed by atoms with E-state index in [4.69, 9.17) is 37.0 Å². The molecule has 3 N–H and O–H groups in total. The van der Waals surface area contributed by atoms with Crippen molar-refractivity contribution in [1.29, 1.82) is 0 Å². The summed E-state index contributed by atoms with van der Waals surface area (Å²) in [5.74, 6) is -0.615. The van der Waals surface area contributed by atoms with Crippen molar-refractivity contribution in [2.75, 3.05) is 39.6 Å². The van der Waals surface area contributed by atoms with E-state index in [1.54, 1.807) is 0 Å². The van der Waals surface area contributed by atoms with Gasteiger partial charge in [-0.15, -0.1) is 0 Å². The van der Waals surface area contributed by atoms with E-state index < -0.39 is 97.5 Å². The van der Waals surface area contributed by atoms with Crippen molar-refractivity contribution in [3.8, 4) is 0 Å². The molecule has 92 heavy (non-hydrogen) atoms. The first-order valence-electron chi connectivity index (χ1n) is 38.0. The number of esters is 4. The fourth-order valence-electron chi connectivity index (χ4n) is 11.1.